The van der Waals surface area contributed by atoms with Crippen LogP contribution in [0.2, 0.25) is 0 Å². The van der Waals surface area contributed by atoms with Crippen LogP contribution in [0, 0.1) is 0 Å². The molecule has 2 amide bonds. The second kappa shape index (κ2) is 7.55. The Balaban J connectivity index is 1.99. The summed E-state index contributed by atoms with van der Waals surface area (Å²) in [4.78, 5) is 12.9. The van der Waals surface area contributed by atoms with Crippen molar-refractivity contribution in [3.8, 4) is 0 Å². The van der Waals surface area contributed by atoms with Crippen molar-refractivity contribution < 1.29 is 9.53 Å². The Kier molecular flexibility index (Phi) is 5.73. The van der Waals surface area contributed by atoms with Gasteiger partial charge in [-0.15, -0.1) is 11.8 Å². The van der Waals surface area contributed by atoms with Crippen LogP contribution in [0.1, 0.15) is 19.8 Å². The summed E-state index contributed by atoms with van der Waals surface area (Å²) in [5.41, 5.74) is 0. The molecule has 1 fully saturated rings. The molecule has 110 valence electrons. The van der Waals surface area contributed by atoms with E-state index in [1.807, 2.05) is 36.9 Å². The molecular weight excluding hydrogens is 272 g/mol. The molecule has 1 aliphatic rings. The van der Waals surface area contributed by atoms with E-state index in [1.165, 1.54) is 4.90 Å². The third-order valence-corrected chi connectivity index (χ3v) is 4.88. The fourth-order valence-corrected chi connectivity index (χ4v) is 3.57. The first-order valence-electron chi connectivity index (χ1n) is 7.08. The molecule has 1 aliphatic heterocycles. The van der Waals surface area contributed by atoms with Gasteiger partial charge in [-0.3, -0.25) is 0 Å². The number of carbonyl (C=O) groups is 1. The molecule has 1 aromatic rings. The van der Waals surface area contributed by atoms with Crippen LogP contribution in [0.5, 0.6) is 0 Å². The lowest BCUT2D eigenvalue weighted by Gasteiger charge is -2.36. The van der Waals surface area contributed by atoms with Crippen LogP contribution < -0.4 is 10.6 Å². The second-order valence-corrected chi connectivity index (χ2v) is 6.47. The van der Waals surface area contributed by atoms with Crippen molar-refractivity contribution in [2.75, 3.05) is 26.3 Å². The SMILES string of the molecule is CCNC(=O)NCC1(Sc2ccccc2)CCOCC1. The summed E-state index contributed by atoms with van der Waals surface area (Å²) in [6.45, 7) is 4.76. The second-order valence-electron chi connectivity index (χ2n) is 4.92. The molecule has 0 saturated carbocycles. The third kappa shape index (κ3) is 4.42. The molecule has 20 heavy (non-hydrogen) atoms. The van der Waals surface area contributed by atoms with E-state index in [0.29, 0.717) is 13.1 Å². The van der Waals surface area contributed by atoms with Crippen molar-refractivity contribution in [1.29, 1.82) is 0 Å². The van der Waals surface area contributed by atoms with Gasteiger partial charge in [-0.25, -0.2) is 4.79 Å². The van der Waals surface area contributed by atoms with Crippen LogP contribution >= 0.6 is 11.8 Å². The van der Waals surface area contributed by atoms with E-state index in [2.05, 4.69) is 22.8 Å². The summed E-state index contributed by atoms with van der Waals surface area (Å²) in [5.74, 6) is 0. The van der Waals surface area contributed by atoms with Crippen molar-refractivity contribution >= 4 is 17.8 Å². The maximum Gasteiger partial charge on any atom is 0.314 e. The first-order valence-corrected chi connectivity index (χ1v) is 7.89. The van der Waals surface area contributed by atoms with Gasteiger partial charge in [0, 0.05) is 35.9 Å². The molecule has 0 atom stereocenters. The molecule has 0 bridgehead atoms. The fraction of sp³-hybridized carbons (Fsp3) is 0.533. The van der Waals surface area contributed by atoms with Gasteiger partial charge < -0.3 is 15.4 Å². The fourth-order valence-electron chi connectivity index (χ4n) is 2.26. The molecule has 0 spiro atoms. The normalized spacial score (nSPS) is 17.4. The highest BCUT2D eigenvalue weighted by Crippen LogP contribution is 2.39. The van der Waals surface area contributed by atoms with E-state index in [0.717, 1.165) is 26.1 Å². The predicted molar refractivity (Wildman–Crippen MR) is 82.2 cm³/mol. The van der Waals surface area contributed by atoms with Gasteiger partial charge in [0.2, 0.25) is 0 Å². The zero-order chi connectivity index (χ0) is 14.3. The average molecular weight is 294 g/mol. The Morgan fingerprint density at radius 1 is 1.25 bits per heavy atom. The van der Waals surface area contributed by atoms with Crippen LogP contribution in [-0.4, -0.2) is 37.1 Å². The first-order chi connectivity index (χ1) is 9.74. The van der Waals surface area contributed by atoms with Crippen molar-refractivity contribution in [2.24, 2.45) is 0 Å². The first kappa shape index (κ1) is 15.2. The largest absolute Gasteiger partial charge is 0.381 e. The quantitative estimate of drug-likeness (QED) is 0.878. The Labute approximate surface area is 124 Å². The van der Waals surface area contributed by atoms with Crippen molar-refractivity contribution in [3.05, 3.63) is 30.3 Å². The summed E-state index contributed by atoms with van der Waals surface area (Å²) in [6.07, 6.45) is 1.91. The molecule has 4 nitrogen and oxygen atoms in total. The minimum Gasteiger partial charge on any atom is -0.381 e. The van der Waals surface area contributed by atoms with Gasteiger partial charge >= 0.3 is 6.03 Å². The van der Waals surface area contributed by atoms with Crippen molar-refractivity contribution in [2.45, 2.75) is 29.4 Å². The molecule has 0 unspecified atom stereocenters. The lowest BCUT2D eigenvalue weighted by Crippen LogP contribution is -2.47. The lowest BCUT2D eigenvalue weighted by atomic mass is 9.99. The highest BCUT2D eigenvalue weighted by atomic mass is 32.2. The molecule has 5 heteroatoms. The summed E-state index contributed by atoms with van der Waals surface area (Å²) in [5, 5.41) is 5.76. The van der Waals surface area contributed by atoms with Gasteiger partial charge in [-0.1, -0.05) is 18.2 Å². The minimum absolute atomic E-state index is 0.0324. The summed E-state index contributed by atoms with van der Waals surface area (Å²) in [6, 6.07) is 10.3. The van der Waals surface area contributed by atoms with Gasteiger partial charge in [0.15, 0.2) is 0 Å². The number of nitrogens with one attached hydrogen (secondary N) is 2. The number of carbonyl (C=O) groups excluding carboxylic acids is 1. The monoisotopic (exact) mass is 294 g/mol. The van der Waals surface area contributed by atoms with E-state index < -0.39 is 0 Å². The predicted octanol–water partition coefficient (Wildman–Crippen LogP) is 2.65. The Morgan fingerprint density at radius 2 is 1.95 bits per heavy atom. The van der Waals surface area contributed by atoms with Crippen LogP contribution in [0.25, 0.3) is 0 Å². The number of urea groups is 1. The molecule has 1 aromatic carbocycles. The van der Waals surface area contributed by atoms with Gasteiger partial charge in [0.25, 0.3) is 0 Å². The van der Waals surface area contributed by atoms with E-state index in [-0.39, 0.29) is 10.8 Å². The zero-order valence-corrected chi connectivity index (χ0v) is 12.7. The molecule has 2 N–H and O–H groups in total. The van der Waals surface area contributed by atoms with Crippen LogP contribution in [0.15, 0.2) is 35.2 Å². The standard InChI is InChI=1S/C15H22N2O2S/c1-2-16-14(18)17-12-15(8-10-19-11-9-15)20-13-6-4-3-5-7-13/h3-7H,2,8-12H2,1H3,(H2,16,17,18). The number of hydrogen-bond donors (Lipinski definition) is 2. The number of thioether (sulfide) groups is 1. The van der Waals surface area contributed by atoms with E-state index in [9.17, 15) is 4.79 Å². The van der Waals surface area contributed by atoms with E-state index in [1.54, 1.807) is 0 Å². The Hall–Kier alpha value is -1.20. The maximum atomic E-state index is 11.6. The topological polar surface area (TPSA) is 50.4 Å². The zero-order valence-electron chi connectivity index (χ0n) is 11.9. The molecule has 1 saturated heterocycles. The van der Waals surface area contributed by atoms with Gasteiger partial charge in [0.1, 0.15) is 0 Å². The van der Waals surface area contributed by atoms with Crippen molar-refractivity contribution in [3.63, 3.8) is 0 Å². The van der Waals surface area contributed by atoms with Crippen LogP contribution in [0.3, 0.4) is 0 Å². The number of ether oxygens (including phenoxy) is 1. The van der Waals surface area contributed by atoms with Gasteiger partial charge in [-0.2, -0.15) is 0 Å². The average Bonchev–Trinajstić information content (AvgIpc) is 2.48. The molecule has 0 aliphatic carbocycles. The maximum absolute atomic E-state index is 11.6. The highest BCUT2D eigenvalue weighted by molar-refractivity contribution is 8.00. The summed E-state index contributed by atoms with van der Waals surface area (Å²) in [7, 11) is 0. The highest BCUT2D eigenvalue weighted by Gasteiger charge is 2.34. The molecule has 0 aromatic heterocycles. The smallest absolute Gasteiger partial charge is 0.314 e. The number of benzene rings is 1. The van der Waals surface area contributed by atoms with E-state index >= 15 is 0 Å². The molecule has 1 heterocycles. The number of hydrogen-bond acceptors (Lipinski definition) is 3. The van der Waals surface area contributed by atoms with Crippen molar-refractivity contribution in [1.82, 2.24) is 10.6 Å². The van der Waals surface area contributed by atoms with Gasteiger partial charge in [-0.05, 0) is 31.9 Å². The lowest BCUT2D eigenvalue weighted by molar-refractivity contribution is 0.0776. The van der Waals surface area contributed by atoms with E-state index in [4.69, 9.17) is 4.74 Å². The Bertz CT molecular complexity index is 419. The molecule has 0 radical (unpaired) electrons. The summed E-state index contributed by atoms with van der Waals surface area (Å²) < 4.78 is 5.51. The van der Waals surface area contributed by atoms with Gasteiger partial charge in [0.05, 0.1) is 0 Å². The Morgan fingerprint density at radius 3 is 2.60 bits per heavy atom. The molecule has 2 rings (SSSR count). The molecular formula is C15H22N2O2S. The summed E-state index contributed by atoms with van der Waals surface area (Å²) >= 11 is 1.85. The minimum atomic E-state index is -0.0907. The number of amides is 2. The van der Waals surface area contributed by atoms with Crippen LogP contribution in [0.4, 0.5) is 4.79 Å². The third-order valence-electron chi connectivity index (χ3n) is 3.39. The van der Waals surface area contributed by atoms with Crippen LogP contribution in [-0.2, 0) is 4.74 Å². The number of rotatable bonds is 5.